The molecule has 2 aromatic rings. The van der Waals surface area contributed by atoms with Crippen LogP contribution in [0.4, 0.5) is 10.1 Å². The summed E-state index contributed by atoms with van der Waals surface area (Å²) in [4.78, 5) is 0. The minimum absolute atomic E-state index is 0.0118. The Labute approximate surface area is 110 Å². The minimum Gasteiger partial charge on any atom is -0.392 e. The first kappa shape index (κ1) is 12.9. The molecule has 0 atom stereocenters. The second-order valence-electron chi connectivity index (χ2n) is 3.96. The number of nitrogens with one attached hydrogen (secondary N) is 1. The van der Waals surface area contributed by atoms with Gasteiger partial charge in [-0.1, -0.05) is 29.8 Å². The summed E-state index contributed by atoms with van der Waals surface area (Å²) in [6.45, 7) is 0.562. The second kappa shape index (κ2) is 5.85. The number of rotatable bonds is 4. The molecule has 18 heavy (non-hydrogen) atoms. The Morgan fingerprint density at radius 3 is 2.67 bits per heavy atom. The van der Waals surface area contributed by atoms with Gasteiger partial charge in [0.2, 0.25) is 0 Å². The standard InChI is InChI=1S/C14H13ClFNO/c15-13-7-10(4-5-14(13)16)8-17-12-3-1-2-11(6-12)9-18/h1-7,17-18H,8-9H2. The molecule has 2 aromatic carbocycles. The van der Waals surface area contributed by atoms with Gasteiger partial charge in [0.25, 0.3) is 0 Å². The molecular formula is C14H13ClFNO. The van der Waals surface area contributed by atoms with Crippen LogP contribution in [0.5, 0.6) is 0 Å². The zero-order chi connectivity index (χ0) is 13.0. The Morgan fingerprint density at radius 2 is 1.94 bits per heavy atom. The maximum Gasteiger partial charge on any atom is 0.141 e. The summed E-state index contributed by atoms with van der Waals surface area (Å²) >= 11 is 5.71. The summed E-state index contributed by atoms with van der Waals surface area (Å²) in [7, 11) is 0. The van der Waals surface area contributed by atoms with E-state index in [4.69, 9.17) is 16.7 Å². The number of aliphatic hydroxyl groups is 1. The van der Waals surface area contributed by atoms with E-state index >= 15 is 0 Å². The van der Waals surface area contributed by atoms with Crippen molar-refractivity contribution in [2.24, 2.45) is 0 Å². The lowest BCUT2D eigenvalue weighted by molar-refractivity contribution is 0.282. The summed E-state index contributed by atoms with van der Waals surface area (Å²) in [6.07, 6.45) is 0. The molecule has 0 fully saturated rings. The normalized spacial score (nSPS) is 10.4. The van der Waals surface area contributed by atoms with E-state index < -0.39 is 5.82 Å². The monoisotopic (exact) mass is 265 g/mol. The van der Waals surface area contributed by atoms with Crippen LogP contribution >= 0.6 is 11.6 Å². The maximum absolute atomic E-state index is 13.0. The van der Waals surface area contributed by atoms with Crippen molar-refractivity contribution >= 4 is 17.3 Å². The molecule has 0 saturated carbocycles. The fourth-order valence-corrected chi connectivity index (χ4v) is 1.84. The van der Waals surface area contributed by atoms with Crippen LogP contribution < -0.4 is 5.32 Å². The molecule has 2 N–H and O–H groups in total. The van der Waals surface area contributed by atoms with Crippen LogP contribution in [-0.4, -0.2) is 5.11 Å². The molecule has 0 aliphatic rings. The van der Waals surface area contributed by atoms with Crippen molar-refractivity contribution in [1.29, 1.82) is 0 Å². The van der Waals surface area contributed by atoms with Gasteiger partial charge < -0.3 is 10.4 Å². The Balaban J connectivity index is 2.04. The number of aliphatic hydroxyl groups excluding tert-OH is 1. The summed E-state index contributed by atoms with van der Waals surface area (Å²) in [5.74, 6) is -0.414. The highest BCUT2D eigenvalue weighted by Crippen LogP contribution is 2.17. The van der Waals surface area contributed by atoms with Crippen molar-refractivity contribution in [3.63, 3.8) is 0 Å². The topological polar surface area (TPSA) is 32.3 Å². The van der Waals surface area contributed by atoms with Crippen molar-refractivity contribution in [2.75, 3.05) is 5.32 Å². The summed E-state index contributed by atoms with van der Waals surface area (Å²) in [6, 6.07) is 12.1. The van der Waals surface area contributed by atoms with Crippen molar-refractivity contribution in [3.8, 4) is 0 Å². The quantitative estimate of drug-likeness (QED) is 0.886. The van der Waals surface area contributed by atoms with Gasteiger partial charge in [0.15, 0.2) is 0 Å². The molecule has 4 heteroatoms. The number of benzene rings is 2. The van der Waals surface area contributed by atoms with E-state index in [1.165, 1.54) is 6.07 Å². The molecule has 0 saturated heterocycles. The van der Waals surface area contributed by atoms with Gasteiger partial charge in [-0.2, -0.15) is 0 Å². The molecule has 0 aliphatic heterocycles. The highest BCUT2D eigenvalue weighted by Gasteiger charge is 2.01. The molecule has 0 amide bonds. The first-order valence-electron chi connectivity index (χ1n) is 5.56. The lowest BCUT2D eigenvalue weighted by Crippen LogP contribution is -2.00. The highest BCUT2D eigenvalue weighted by atomic mass is 35.5. The van der Waals surface area contributed by atoms with E-state index in [2.05, 4.69) is 5.32 Å². The summed E-state index contributed by atoms with van der Waals surface area (Å²) in [5.41, 5.74) is 2.65. The molecule has 0 bridgehead atoms. The van der Waals surface area contributed by atoms with E-state index in [0.717, 1.165) is 16.8 Å². The van der Waals surface area contributed by atoms with Gasteiger partial charge in [0.05, 0.1) is 11.6 Å². The van der Waals surface area contributed by atoms with Crippen molar-refractivity contribution in [1.82, 2.24) is 0 Å². The first-order valence-corrected chi connectivity index (χ1v) is 5.94. The van der Waals surface area contributed by atoms with Gasteiger partial charge in [0, 0.05) is 12.2 Å². The third-order valence-corrected chi connectivity index (χ3v) is 2.88. The van der Waals surface area contributed by atoms with E-state index in [9.17, 15) is 4.39 Å². The van der Waals surface area contributed by atoms with Crippen LogP contribution in [0.15, 0.2) is 42.5 Å². The van der Waals surface area contributed by atoms with E-state index in [1.807, 2.05) is 24.3 Å². The van der Waals surface area contributed by atoms with Gasteiger partial charge in [0.1, 0.15) is 5.82 Å². The molecule has 0 radical (unpaired) electrons. The highest BCUT2D eigenvalue weighted by molar-refractivity contribution is 6.30. The van der Waals surface area contributed by atoms with Crippen molar-refractivity contribution in [2.45, 2.75) is 13.2 Å². The average molecular weight is 266 g/mol. The summed E-state index contributed by atoms with van der Waals surface area (Å²) < 4.78 is 13.0. The smallest absolute Gasteiger partial charge is 0.141 e. The SMILES string of the molecule is OCc1cccc(NCc2ccc(F)c(Cl)c2)c1. The lowest BCUT2D eigenvalue weighted by Gasteiger charge is -2.08. The van der Waals surface area contributed by atoms with E-state index in [-0.39, 0.29) is 11.6 Å². The van der Waals surface area contributed by atoms with Crippen LogP contribution in [0.1, 0.15) is 11.1 Å². The second-order valence-corrected chi connectivity index (χ2v) is 4.37. The fourth-order valence-electron chi connectivity index (χ4n) is 1.63. The Bertz CT molecular complexity index is 545. The van der Waals surface area contributed by atoms with Crippen LogP contribution in [0.25, 0.3) is 0 Å². The van der Waals surface area contributed by atoms with E-state index in [1.54, 1.807) is 12.1 Å². The Kier molecular flexibility index (Phi) is 4.18. The number of halogens is 2. The van der Waals surface area contributed by atoms with Gasteiger partial charge in [-0.05, 0) is 35.4 Å². The maximum atomic E-state index is 13.0. The molecule has 94 valence electrons. The fraction of sp³-hybridized carbons (Fsp3) is 0.143. The average Bonchev–Trinajstić information content (AvgIpc) is 2.40. The minimum atomic E-state index is -0.414. The van der Waals surface area contributed by atoms with Gasteiger partial charge >= 0.3 is 0 Å². The zero-order valence-electron chi connectivity index (χ0n) is 9.66. The van der Waals surface area contributed by atoms with Crippen LogP contribution in [0.2, 0.25) is 5.02 Å². The molecule has 0 aliphatic carbocycles. The lowest BCUT2D eigenvalue weighted by atomic mass is 10.2. The van der Waals surface area contributed by atoms with Gasteiger partial charge in [-0.3, -0.25) is 0 Å². The molecule has 0 heterocycles. The molecule has 0 spiro atoms. The summed E-state index contributed by atoms with van der Waals surface area (Å²) in [5, 5.41) is 12.3. The van der Waals surface area contributed by atoms with Crippen molar-refractivity contribution < 1.29 is 9.50 Å². The number of hydrogen-bond acceptors (Lipinski definition) is 2. The predicted octanol–water partition coefficient (Wildman–Crippen LogP) is 3.58. The number of hydrogen-bond donors (Lipinski definition) is 2. The van der Waals surface area contributed by atoms with E-state index in [0.29, 0.717) is 6.54 Å². The van der Waals surface area contributed by atoms with Crippen LogP contribution in [0.3, 0.4) is 0 Å². The molecule has 2 nitrogen and oxygen atoms in total. The number of anilines is 1. The van der Waals surface area contributed by atoms with Gasteiger partial charge in [-0.15, -0.1) is 0 Å². The molecule has 2 rings (SSSR count). The predicted molar refractivity (Wildman–Crippen MR) is 71.1 cm³/mol. The van der Waals surface area contributed by atoms with Crippen LogP contribution in [0, 0.1) is 5.82 Å². The van der Waals surface area contributed by atoms with Crippen molar-refractivity contribution in [3.05, 3.63) is 64.4 Å². The van der Waals surface area contributed by atoms with Gasteiger partial charge in [-0.25, -0.2) is 4.39 Å². The molecule has 0 unspecified atom stereocenters. The molecular weight excluding hydrogens is 253 g/mol. The zero-order valence-corrected chi connectivity index (χ0v) is 10.4. The third-order valence-electron chi connectivity index (χ3n) is 2.59. The third kappa shape index (κ3) is 3.22. The van der Waals surface area contributed by atoms with Crippen LogP contribution in [-0.2, 0) is 13.2 Å². The molecule has 0 aromatic heterocycles. The first-order chi connectivity index (χ1) is 8.69. The Morgan fingerprint density at radius 1 is 1.11 bits per heavy atom. The Hall–Kier alpha value is -1.58. The largest absolute Gasteiger partial charge is 0.392 e.